The molecule has 2 aromatic rings. The smallest absolute Gasteiger partial charge is 0.314 e. The fraction of sp³-hybridized carbons (Fsp3) is 0.0769. The van der Waals surface area contributed by atoms with E-state index in [2.05, 4.69) is 5.32 Å². The third kappa shape index (κ3) is 2.80. The summed E-state index contributed by atoms with van der Waals surface area (Å²) in [5, 5.41) is 13.3. The van der Waals surface area contributed by atoms with Gasteiger partial charge in [-0.3, -0.25) is 10.1 Å². The first-order chi connectivity index (χ1) is 9.52. The molecular weight excluding hydrogens is 287 g/mol. The maximum Gasteiger partial charge on any atom is 0.314 e. The van der Waals surface area contributed by atoms with Gasteiger partial charge in [-0.25, -0.2) is 4.39 Å². The van der Waals surface area contributed by atoms with Crippen molar-refractivity contribution in [2.75, 3.05) is 12.4 Å². The van der Waals surface area contributed by atoms with E-state index in [1.807, 2.05) is 0 Å². The van der Waals surface area contributed by atoms with Crippen molar-refractivity contribution in [2.24, 2.45) is 0 Å². The second kappa shape index (κ2) is 5.75. The van der Waals surface area contributed by atoms with Crippen LogP contribution in [0.15, 0.2) is 36.4 Å². The Morgan fingerprint density at radius 3 is 2.45 bits per heavy atom. The van der Waals surface area contributed by atoms with Crippen molar-refractivity contribution in [3.05, 3.63) is 57.4 Å². The van der Waals surface area contributed by atoms with Gasteiger partial charge in [-0.15, -0.1) is 0 Å². The molecule has 20 heavy (non-hydrogen) atoms. The van der Waals surface area contributed by atoms with E-state index >= 15 is 0 Å². The molecule has 0 amide bonds. The lowest BCUT2D eigenvalue weighted by Gasteiger charge is -2.09. The highest BCUT2D eigenvalue weighted by molar-refractivity contribution is 6.33. The number of ether oxygens (including phenoxy) is 1. The minimum Gasteiger partial charge on any atom is -0.497 e. The van der Waals surface area contributed by atoms with Crippen LogP contribution in [0.4, 0.5) is 21.5 Å². The first-order valence-corrected chi connectivity index (χ1v) is 5.94. The van der Waals surface area contributed by atoms with Gasteiger partial charge in [0.1, 0.15) is 17.3 Å². The summed E-state index contributed by atoms with van der Waals surface area (Å²) in [6, 6.07) is 9.09. The summed E-state index contributed by atoms with van der Waals surface area (Å²) in [7, 11) is 1.53. The molecule has 0 fully saturated rings. The third-order valence-electron chi connectivity index (χ3n) is 2.62. The van der Waals surface area contributed by atoms with Gasteiger partial charge in [-0.05, 0) is 36.4 Å². The van der Waals surface area contributed by atoms with Crippen LogP contribution in [-0.4, -0.2) is 12.0 Å². The van der Waals surface area contributed by atoms with Gasteiger partial charge in [0.2, 0.25) is 0 Å². The highest BCUT2D eigenvalue weighted by Crippen LogP contribution is 2.36. The molecule has 0 spiro atoms. The lowest BCUT2D eigenvalue weighted by molar-refractivity contribution is -0.383. The van der Waals surface area contributed by atoms with E-state index in [0.717, 1.165) is 6.07 Å². The monoisotopic (exact) mass is 296 g/mol. The van der Waals surface area contributed by atoms with E-state index in [9.17, 15) is 14.5 Å². The maximum atomic E-state index is 13.3. The van der Waals surface area contributed by atoms with Crippen molar-refractivity contribution in [1.29, 1.82) is 0 Å². The van der Waals surface area contributed by atoms with E-state index in [0.29, 0.717) is 11.4 Å². The minimum atomic E-state index is -0.835. The number of rotatable bonds is 4. The topological polar surface area (TPSA) is 64.4 Å². The molecule has 0 unspecified atom stereocenters. The van der Waals surface area contributed by atoms with E-state index in [4.69, 9.17) is 16.3 Å². The number of halogens is 2. The number of benzene rings is 2. The molecule has 0 radical (unpaired) electrons. The van der Waals surface area contributed by atoms with Crippen molar-refractivity contribution in [2.45, 2.75) is 0 Å². The van der Waals surface area contributed by atoms with Crippen molar-refractivity contribution in [3.8, 4) is 5.75 Å². The quantitative estimate of drug-likeness (QED) is 0.680. The van der Waals surface area contributed by atoms with Crippen LogP contribution in [0.3, 0.4) is 0 Å². The summed E-state index contributed by atoms with van der Waals surface area (Å²) in [6.45, 7) is 0. The summed E-state index contributed by atoms with van der Waals surface area (Å²) in [4.78, 5) is 10.3. The van der Waals surface area contributed by atoms with E-state index in [1.165, 1.54) is 13.2 Å². The fourth-order valence-electron chi connectivity index (χ4n) is 1.65. The Hall–Kier alpha value is -2.34. The first-order valence-electron chi connectivity index (χ1n) is 5.56. The molecule has 104 valence electrons. The molecule has 1 N–H and O–H groups in total. The summed E-state index contributed by atoms with van der Waals surface area (Å²) in [6.07, 6.45) is 0. The van der Waals surface area contributed by atoms with Crippen molar-refractivity contribution in [1.82, 2.24) is 0 Å². The summed E-state index contributed by atoms with van der Waals surface area (Å²) >= 11 is 5.63. The number of nitrogens with zero attached hydrogens (tertiary/aromatic N) is 1. The molecule has 2 rings (SSSR count). The zero-order chi connectivity index (χ0) is 14.7. The van der Waals surface area contributed by atoms with Gasteiger partial charge in [0.05, 0.1) is 12.0 Å². The number of nitrogens with one attached hydrogen (secondary N) is 1. The zero-order valence-corrected chi connectivity index (χ0v) is 11.1. The largest absolute Gasteiger partial charge is 0.497 e. The molecule has 0 aliphatic heterocycles. The third-order valence-corrected chi connectivity index (χ3v) is 2.98. The number of methoxy groups -OCH3 is 1. The van der Waals surface area contributed by atoms with Crippen molar-refractivity contribution >= 4 is 28.7 Å². The lowest BCUT2D eigenvalue weighted by atomic mass is 10.2. The second-order valence-electron chi connectivity index (χ2n) is 3.87. The molecule has 0 aliphatic carbocycles. The summed E-state index contributed by atoms with van der Waals surface area (Å²) < 4.78 is 18.3. The average Bonchev–Trinajstić information content (AvgIpc) is 2.43. The molecule has 0 aromatic heterocycles. The lowest BCUT2D eigenvalue weighted by Crippen LogP contribution is -1.99. The van der Waals surface area contributed by atoms with Gasteiger partial charge in [0, 0.05) is 5.69 Å². The number of nitro groups is 1. The van der Waals surface area contributed by atoms with Gasteiger partial charge in [0.25, 0.3) is 0 Å². The zero-order valence-electron chi connectivity index (χ0n) is 10.4. The predicted octanol–water partition coefficient (Wildman–Crippen LogP) is 4.14. The highest BCUT2D eigenvalue weighted by Gasteiger charge is 2.22. The Bertz CT molecular complexity index is 647. The van der Waals surface area contributed by atoms with E-state index < -0.39 is 21.5 Å². The normalized spacial score (nSPS) is 10.2. The van der Waals surface area contributed by atoms with Gasteiger partial charge in [-0.2, -0.15) is 0 Å². The summed E-state index contributed by atoms with van der Waals surface area (Å²) in [5.41, 5.74) is 0.214. The van der Waals surface area contributed by atoms with Crippen LogP contribution in [-0.2, 0) is 0 Å². The molecular formula is C13H10ClFN2O3. The average molecular weight is 297 g/mol. The Labute approximate surface area is 119 Å². The van der Waals surface area contributed by atoms with Gasteiger partial charge < -0.3 is 10.1 Å². The molecule has 2 aromatic carbocycles. The Kier molecular flexibility index (Phi) is 4.05. The van der Waals surface area contributed by atoms with Gasteiger partial charge in [-0.1, -0.05) is 11.6 Å². The first kappa shape index (κ1) is 14.1. The summed E-state index contributed by atoms with van der Waals surface area (Å²) in [5.74, 6) is -0.180. The van der Waals surface area contributed by atoms with Crippen LogP contribution in [0.5, 0.6) is 5.75 Å². The molecule has 7 heteroatoms. The number of nitro benzene ring substituents is 1. The fourth-order valence-corrected chi connectivity index (χ4v) is 1.88. The van der Waals surface area contributed by atoms with Crippen molar-refractivity contribution in [3.63, 3.8) is 0 Å². The number of hydrogen-bond donors (Lipinski definition) is 1. The Balaban J connectivity index is 2.37. The molecule has 0 aliphatic rings. The van der Waals surface area contributed by atoms with Gasteiger partial charge in [0.15, 0.2) is 5.02 Å². The van der Waals surface area contributed by atoms with E-state index in [1.54, 1.807) is 24.3 Å². The Morgan fingerprint density at radius 2 is 1.90 bits per heavy atom. The highest BCUT2D eigenvalue weighted by atomic mass is 35.5. The SMILES string of the molecule is COc1ccc(Nc2ccc(F)c(Cl)c2[N+](=O)[O-])cc1. The Morgan fingerprint density at radius 1 is 1.25 bits per heavy atom. The molecule has 0 saturated carbocycles. The van der Waals surface area contributed by atoms with Crippen LogP contribution >= 0.6 is 11.6 Å². The number of anilines is 2. The van der Waals surface area contributed by atoms with Crippen LogP contribution in [0.1, 0.15) is 0 Å². The molecule has 0 saturated heterocycles. The van der Waals surface area contributed by atoms with Crippen LogP contribution in [0.2, 0.25) is 5.02 Å². The minimum absolute atomic E-state index is 0.117. The van der Waals surface area contributed by atoms with E-state index in [-0.39, 0.29) is 5.69 Å². The van der Waals surface area contributed by atoms with Gasteiger partial charge >= 0.3 is 5.69 Å². The maximum absolute atomic E-state index is 13.3. The molecule has 0 bridgehead atoms. The van der Waals surface area contributed by atoms with Crippen molar-refractivity contribution < 1.29 is 14.1 Å². The van der Waals surface area contributed by atoms with Crippen LogP contribution < -0.4 is 10.1 Å². The molecule has 5 nitrogen and oxygen atoms in total. The molecule has 0 heterocycles. The molecule has 0 atom stereocenters. The predicted molar refractivity (Wildman–Crippen MR) is 74.3 cm³/mol. The van der Waals surface area contributed by atoms with Crippen LogP contribution in [0.25, 0.3) is 0 Å². The standard InChI is InChI=1S/C13H10ClFN2O3/c1-20-9-4-2-8(3-5-9)16-11-7-6-10(15)12(14)13(11)17(18)19/h2-7,16H,1H3. The second-order valence-corrected chi connectivity index (χ2v) is 4.25. The number of hydrogen-bond acceptors (Lipinski definition) is 4. The van der Waals surface area contributed by atoms with Crippen LogP contribution in [0, 0.1) is 15.9 Å².